The van der Waals surface area contributed by atoms with Crippen molar-refractivity contribution in [3.8, 4) is 22.8 Å². The summed E-state index contributed by atoms with van der Waals surface area (Å²) in [7, 11) is 0. The fourth-order valence-electron chi connectivity index (χ4n) is 3.21. The molecule has 1 aliphatic carbocycles. The first-order valence-corrected chi connectivity index (χ1v) is 6.98. The summed E-state index contributed by atoms with van der Waals surface area (Å²) in [4.78, 5) is 27.7. The van der Waals surface area contributed by atoms with Crippen molar-refractivity contribution in [3.63, 3.8) is 0 Å². The standard InChI is InChI=1S/C17H8FNO4/c18-7-1-2-8-11(3-7)17(21)19-15-9-4-12-13(23-6-22-12)5-10(9)16(20)14(8)15/h1-5H,6H2,(H,19,21). The molecule has 3 aromatic rings. The van der Waals surface area contributed by atoms with Crippen LogP contribution in [-0.2, 0) is 0 Å². The van der Waals surface area contributed by atoms with Crippen molar-refractivity contribution >= 4 is 16.6 Å². The summed E-state index contributed by atoms with van der Waals surface area (Å²) in [6.07, 6.45) is 0. The lowest BCUT2D eigenvalue weighted by atomic mass is 10.0. The number of carbonyl (C=O) groups excluding carboxylic acids is 1. The van der Waals surface area contributed by atoms with E-state index < -0.39 is 11.4 Å². The second kappa shape index (κ2) is 3.98. The van der Waals surface area contributed by atoms with Crippen molar-refractivity contribution in [2.75, 3.05) is 6.79 Å². The Hall–Kier alpha value is -3.15. The van der Waals surface area contributed by atoms with Gasteiger partial charge in [-0.3, -0.25) is 9.59 Å². The molecule has 0 unspecified atom stereocenters. The molecule has 0 saturated carbocycles. The molecule has 0 saturated heterocycles. The number of hydrogen-bond donors (Lipinski definition) is 1. The highest BCUT2D eigenvalue weighted by molar-refractivity contribution is 6.26. The minimum Gasteiger partial charge on any atom is -0.454 e. The Morgan fingerprint density at radius 3 is 2.48 bits per heavy atom. The topological polar surface area (TPSA) is 68.4 Å². The fourth-order valence-corrected chi connectivity index (χ4v) is 3.21. The van der Waals surface area contributed by atoms with Crippen LogP contribution in [0.25, 0.3) is 22.0 Å². The molecule has 2 heterocycles. The zero-order valence-corrected chi connectivity index (χ0v) is 11.6. The number of halogens is 1. The van der Waals surface area contributed by atoms with Crippen LogP contribution in [0, 0.1) is 5.82 Å². The summed E-state index contributed by atoms with van der Waals surface area (Å²) in [5.74, 6) is 0.292. The van der Waals surface area contributed by atoms with Crippen LogP contribution in [0.4, 0.5) is 4.39 Å². The highest BCUT2D eigenvalue weighted by Gasteiger charge is 2.33. The van der Waals surface area contributed by atoms with Gasteiger partial charge in [-0.05, 0) is 24.3 Å². The van der Waals surface area contributed by atoms with E-state index in [9.17, 15) is 14.0 Å². The normalized spacial score (nSPS) is 14.2. The Morgan fingerprint density at radius 2 is 1.70 bits per heavy atom. The van der Waals surface area contributed by atoms with Gasteiger partial charge in [0, 0.05) is 16.5 Å². The molecular formula is C17H8FNO4. The molecule has 1 aliphatic heterocycles. The number of nitrogens with one attached hydrogen (secondary N) is 1. The Balaban J connectivity index is 1.91. The van der Waals surface area contributed by atoms with Crippen LogP contribution in [0.2, 0.25) is 0 Å². The average molecular weight is 309 g/mol. The van der Waals surface area contributed by atoms with Gasteiger partial charge in [-0.15, -0.1) is 0 Å². The summed E-state index contributed by atoms with van der Waals surface area (Å²) in [5.41, 5.74) is 1.41. The van der Waals surface area contributed by atoms with Crippen LogP contribution >= 0.6 is 0 Å². The van der Waals surface area contributed by atoms with Crippen LogP contribution in [0.5, 0.6) is 11.5 Å². The summed E-state index contributed by atoms with van der Waals surface area (Å²) < 4.78 is 24.1. The Labute approximate surface area is 128 Å². The molecule has 5 rings (SSSR count). The molecular weight excluding hydrogens is 301 g/mol. The van der Waals surface area contributed by atoms with Crippen molar-refractivity contribution in [3.05, 3.63) is 57.6 Å². The van der Waals surface area contributed by atoms with Crippen LogP contribution in [-0.4, -0.2) is 17.6 Å². The van der Waals surface area contributed by atoms with Crippen molar-refractivity contribution < 1.29 is 18.7 Å². The van der Waals surface area contributed by atoms with E-state index in [4.69, 9.17) is 9.47 Å². The van der Waals surface area contributed by atoms with E-state index in [1.54, 1.807) is 12.1 Å². The molecule has 0 fully saturated rings. The Bertz CT molecular complexity index is 1100. The minimum atomic E-state index is -0.522. The van der Waals surface area contributed by atoms with E-state index in [0.29, 0.717) is 39.3 Å². The van der Waals surface area contributed by atoms with E-state index in [-0.39, 0.29) is 18.0 Å². The molecule has 0 radical (unpaired) electrons. The van der Waals surface area contributed by atoms with Gasteiger partial charge in [-0.2, -0.15) is 0 Å². The minimum absolute atomic E-state index is 0.104. The highest BCUT2D eigenvalue weighted by atomic mass is 19.1. The van der Waals surface area contributed by atoms with E-state index >= 15 is 0 Å². The predicted molar refractivity (Wildman–Crippen MR) is 79.5 cm³/mol. The fraction of sp³-hybridized carbons (Fsp3) is 0.0588. The number of aromatic amines is 1. The number of aromatic nitrogens is 1. The van der Waals surface area contributed by atoms with E-state index in [0.717, 1.165) is 6.07 Å². The molecule has 5 nitrogen and oxygen atoms in total. The number of ketones is 1. The second-order valence-electron chi connectivity index (χ2n) is 5.47. The zero-order valence-electron chi connectivity index (χ0n) is 11.6. The number of hydrogen-bond acceptors (Lipinski definition) is 4. The number of fused-ring (bicyclic) bond motifs is 6. The third-order valence-electron chi connectivity index (χ3n) is 4.24. The lowest BCUT2D eigenvalue weighted by molar-refractivity contribution is 0.104. The highest BCUT2D eigenvalue weighted by Crippen LogP contribution is 2.44. The average Bonchev–Trinajstić information content (AvgIpc) is 3.10. The number of carbonyl (C=O) groups is 1. The molecule has 6 heteroatoms. The number of pyridine rings is 1. The van der Waals surface area contributed by atoms with E-state index in [2.05, 4.69) is 4.98 Å². The zero-order chi connectivity index (χ0) is 15.7. The third kappa shape index (κ3) is 1.49. The maximum Gasteiger partial charge on any atom is 0.256 e. The Morgan fingerprint density at radius 1 is 0.957 bits per heavy atom. The van der Waals surface area contributed by atoms with E-state index in [1.165, 1.54) is 12.1 Å². The number of ether oxygens (including phenoxy) is 2. The van der Waals surface area contributed by atoms with Crippen LogP contribution in [0.3, 0.4) is 0 Å². The first-order valence-electron chi connectivity index (χ1n) is 6.98. The van der Waals surface area contributed by atoms with E-state index in [1.807, 2.05) is 0 Å². The molecule has 0 atom stereocenters. The molecule has 0 spiro atoms. The maximum absolute atomic E-state index is 13.4. The molecule has 23 heavy (non-hydrogen) atoms. The third-order valence-corrected chi connectivity index (χ3v) is 4.24. The smallest absolute Gasteiger partial charge is 0.256 e. The van der Waals surface area contributed by atoms with Crippen molar-refractivity contribution in [1.82, 2.24) is 4.98 Å². The van der Waals surface area contributed by atoms with Crippen LogP contribution < -0.4 is 15.0 Å². The number of benzene rings is 2. The lowest BCUT2D eigenvalue weighted by Gasteiger charge is -2.04. The first kappa shape index (κ1) is 12.4. The van der Waals surface area contributed by atoms with Gasteiger partial charge in [-0.25, -0.2) is 4.39 Å². The molecule has 0 amide bonds. The first-order chi connectivity index (χ1) is 11.1. The number of rotatable bonds is 0. The summed E-state index contributed by atoms with van der Waals surface area (Å²) >= 11 is 0. The van der Waals surface area contributed by atoms with Crippen LogP contribution in [0.15, 0.2) is 35.1 Å². The van der Waals surface area contributed by atoms with Crippen molar-refractivity contribution in [2.24, 2.45) is 0 Å². The maximum atomic E-state index is 13.4. The number of H-pyrrole nitrogens is 1. The largest absolute Gasteiger partial charge is 0.454 e. The summed E-state index contributed by atoms with van der Waals surface area (Å²) in [6, 6.07) is 7.14. The van der Waals surface area contributed by atoms with Gasteiger partial charge in [0.2, 0.25) is 6.79 Å². The molecule has 1 N–H and O–H groups in total. The van der Waals surface area contributed by atoms with Gasteiger partial charge in [0.1, 0.15) is 5.82 Å². The quantitative estimate of drug-likeness (QED) is 0.542. The summed E-state index contributed by atoms with van der Waals surface area (Å²) in [6.45, 7) is 0.104. The molecule has 2 aromatic carbocycles. The van der Waals surface area contributed by atoms with Crippen molar-refractivity contribution in [2.45, 2.75) is 0 Å². The SMILES string of the molecule is O=C1c2cc3c(cc2-c2[nH]c(=O)c4cc(F)ccc4c21)OCO3. The molecule has 0 bridgehead atoms. The predicted octanol–water partition coefficient (Wildman–Crippen LogP) is 2.61. The summed E-state index contributed by atoms with van der Waals surface area (Å²) in [5, 5.41) is 0.596. The molecule has 112 valence electrons. The van der Waals surface area contributed by atoms with Gasteiger partial charge in [0.15, 0.2) is 17.3 Å². The van der Waals surface area contributed by atoms with Gasteiger partial charge in [0.05, 0.1) is 16.6 Å². The van der Waals surface area contributed by atoms with Crippen molar-refractivity contribution in [1.29, 1.82) is 0 Å². The van der Waals surface area contributed by atoms with Gasteiger partial charge >= 0.3 is 0 Å². The van der Waals surface area contributed by atoms with Gasteiger partial charge < -0.3 is 14.5 Å². The monoisotopic (exact) mass is 309 g/mol. The molecule has 2 aliphatic rings. The lowest BCUT2D eigenvalue weighted by Crippen LogP contribution is -2.10. The van der Waals surface area contributed by atoms with Gasteiger partial charge in [-0.1, -0.05) is 6.07 Å². The second-order valence-corrected chi connectivity index (χ2v) is 5.47. The molecule has 1 aromatic heterocycles. The van der Waals surface area contributed by atoms with Crippen LogP contribution in [0.1, 0.15) is 15.9 Å². The Kier molecular flexibility index (Phi) is 2.15. The van der Waals surface area contributed by atoms with Gasteiger partial charge in [0.25, 0.3) is 5.56 Å².